The molecule has 6 heteroatoms. The van der Waals surface area contributed by atoms with Crippen LogP contribution in [0.4, 0.5) is 0 Å². The van der Waals surface area contributed by atoms with Gasteiger partial charge in [-0.15, -0.1) is 0 Å². The summed E-state index contributed by atoms with van der Waals surface area (Å²) in [6.07, 6.45) is 4.20. The van der Waals surface area contributed by atoms with E-state index in [9.17, 15) is 4.57 Å². The van der Waals surface area contributed by atoms with E-state index in [1.165, 1.54) is 14.2 Å². The summed E-state index contributed by atoms with van der Waals surface area (Å²) in [5.41, 5.74) is 0. The quantitative estimate of drug-likeness (QED) is 0.642. The number of ether oxygens (including phenoxy) is 2. The molecule has 19 heavy (non-hydrogen) atoms. The monoisotopic (exact) mass is 294 g/mol. The van der Waals surface area contributed by atoms with E-state index in [1.54, 1.807) is 0 Å². The molecule has 1 saturated heterocycles. The van der Waals surface area contributed by atoms with E-state index in [0.717, 1.165) is 25.7 Å². The Morgan fingerprint density at radius 2 is 1.58 bits per heavy atom. The van der Waals surface area contributed by atoms with Crippen LogP contribution in [0.5, 0.6) is 0 Å². The van der Waals surface area contributed by atoms with E-state index in [-0.39, 0.29) is 5.92 Å². The molecule has 1 heterocycles. The normalized spacial score (nSPS) is 20.6. The first-order chi connectivity index (χ1) is 9.03. The van der Waals surface area contributed by atoms with Gasteiger partial charge in [0.1, 0.15) is 0 Å². The molecule has 0 aromatic heterocycles. The Labute approximate surface area is 116 Å². The Balaban J connectivity index is 2.53. The predicted octanol–water partition coefficient (Wildman–Crippen LogP) is 3.43. The Bertz CT molecular complexity index is 283. The molecule has 1 fully saturated rings. The largest absolute Gasteiger partial charge is 0.350 e. The van der Waals surface area contributed by atoms with Gasteiger partial charge in [0.25, 0.3) is 0 Å². The van der Waals surface area contributed by atoms with Crippen LogP contribution < -0.4 is 0 Å². The third kappa shape index (κ3) is 4.83. The minimum atomic E-state index is -2.98. The summed E-state index contributed by atoms with van der Waals surface area (Å²) >= 11 is 0. The lowest BCUT2D eigenvalue weighted by atomic mass is 10.0. The molecule has 114 valence electrons. The molecular weight excluding hydrogens is 267 g/mol. The highest BCUT2D eigenvalue weighted by atomic mass is 31.2. The molecule has 5 nitrogen and oxygen atoms in total. The minimum Gasteiger partial charge on any atom is -0.350 e. The number of hydrogen-bond acceptors (Lipinski definition) is 5. The van der Waals surface area contributed by atoms with Crippen molar-refractivity contribution >= 4 is 7.60 Å². The molecule has 0 aliphatic carbocycles. The van der Waals surface area contributed by atoms with Crippen molar-refractivity contribution in [2.75, 3.05) is 33.6 Å². The summed E-state index contributed by atoms with van der Waals surface area (Å²) in [5.74, 6) is -0.378. The number of hydrogen-bond donors (Lipinski definition) is 0. The van der Waals surface area contributed by atoms with Crippen molar-refractivity contribution < 1.29 is 23.1 Å². The van der Waals surface area contributed by atoms with E-state index in [0.29, 0.717) is 19.4 Å². The molecule has 0 bridgehead atoms. The van der Waals surface area contributed by atoms with Crippen LogP contribution in [0.2, 0.25) is 0 Å². The zero-order chi connectivity index (χ0) is 14.4. The highest BCUT2D eigenvalue weighted by Crippen LogP contribution is 2.49. The van der Waals surface area contributed by atoms with E-state index in [1.807, 2.05) is 0 Å². The average molecular weight is 294 g/mol. The third-order valence-corrected chi connectivity index (χ3v) is 5.54. The zero-order valence-corrected chi connectivity index (χ0v) is 13.4. The van der Waals surface area contributed by atoms with E-state index in [4.69, 9.17) is 18.5 Å². The molecule has 1 aliphatic rings. The Morgan fingerprint density at radius 1 is 1.11 bits per heavy atom. The summed E-state index contributed by atoms with van der Waals surface area (Å²) in [6.45, 7) is 5.36. The SMILES string of the molecule is CCCC1(CCC)OCC(CP(=O)(OC)OC)CO1. The average Bonchev–Trinajstić information content (AvgIpc) is 2.42. The summed E-state index contributed by atoms with van der Waals surface area (Å²) in [5, 5.41) is 0. The minimum absolute atomic E-state index is 0.0626. The molecule has 1 aliphatic heterocycles. The number of rotatable bonds is 8. The Kier molecular flexibility index (Phi) is 6.98. The van der Waals surface area contributed by atoms with Gasteiger partial charge in [-0.2, -0.15) is 0 Å². The van der Waals surface area contributed by atoms with Crippen LogP contribution in [0, 0.1) is 5.92 Å². The molecule has 0 aromatic rings. The molecule has 0 amide bonds. The van der Waals surface area contributed by atoms with Crippen molar-refractivity contribution in [3.05, 3.63) is 0 Å². The highest BCUT2D eigenvalue weighted by molar-refractivity contribution is 7.53. The van der Waals surface area contributed by atoms with Crippen LogP contribution in [0.3, 0.4) is 0 Å². The fourth-order valence-corrected chi connectivity index (χ4v) is 3.74. The molecule has 0 radical (unpaired) electrons. The van der Waals surface area contributed by atoms with Gasteiger partial charge in [0.05, 0.1) is 19.4 Å². The van der Waals surface area contributed by atoms with Crippen molar-refractivity contribution in [3.8, 4) is 0 Å². The standard InChI is InChI=1S/C13H27O5P/c1-5-7-13(8-6-2)17-9-12(10-18-13)11-19(14,15-3)16-4/h12H,5-11H2,1-4H3. The van der Waals surface area contributed by atoms with Crippen molar-refractivity contribution in [3.63, 3.8) is 0 Å². The van der Waals surface area contributed by atoms with Gasteiger partial charge in [-0.1, -0.05) is 26.7 Å². The second-order valence-electron chi connectivity index (χ2n) is 5.06. The smallest absolute Gasteiger partial charge is 0.330 e. The summed E-state index contributed by atoms with van der Waals surface area (Å²) in [4.78, 5) is 0. The van der Waals surface area contributed by atoms with Crippen LogP contribution >= 0.6 is 7.60 Å². The van der Waals surface area contributed by atoms with E-state index < -0.39 is 13.4 Å². The van der Waals surface area contributed by atoms with Gasteiger partial charge in [-0.3, -0.25) is 4.57 Å². The van der Waals surface area contributed by atoms with Gasteiger partial charge in [0.15, 0.2) is 5.79 Å². The first-order valence-corrected chi connectivity index (χ1v) is 8.74. The van der Waals surface area contributed by atoms with Crippen LogP contribution in [0.25, 0.3) is 0 Å². The van der Waals surface area contributed by atoms with Gasteiger partial charge in [0.2, 0.25) is 0 Å². The van der Waals surface area contributed by atoms with Gasteiger partial charge in [-0.05, 0) is 0 Å². The molecule has 0 aromatic carbocycles. The van der Waals surface area contributed by atoms with Gasteiger partial charge in [0, 0.05) is 33.0 Å². The lowest BCUT2D eigenvalue weighted by molar-refractivity contribution is -0.287. The highest BCUT2D eigenvalue weighted by Gasteiger charge is 2.38. The molecule has 0 spiro atoms. The van der Waals surface area contributed by atoms with E-state index in [2.05, 4.69) is 13.8 Å². The van der Waals surface area contributed by atoms with Crippen molar-refractivity contribution in [2.45, 2.75) is 45.3 Å². The van der Waals surface area contributed by atoms with Crippen LogP contribution in [-0.4, -0.2) is 39.4 Å². The lowest BCUT2D eigenvalue weighted by Gasteiger charge is -2.40. The summed E-state index contributed by atoms with van der Waals surface area (Å²) in [6, 6.07) is 0. The molecule has 0 atom stereocenters. The predicted molar refractivity (Wildman–Crippen MR) is 74.4 cm³/mol. The second-order valence-corrected chi connectivity index (χ2v) is 7.37. The molecule has 0 unspecified atom stereocenters. The van der Waals surface area contributed by atoms with Crippen molar-refractivity contribution in [1.29, 1.82) is 0 Å². The molecule has 0 N–H and O–H groups in total. The first-order valence-electron chi connectivity index (χ1n) is 7.01. The molecular formula is C13H27O5P. The van der Waals surface area contributed by atoms with Gasteiger partial charge < -0.3 is 18.5 Å². The maximum absolute atomic E-state index is 12.1. The summed E-state index contributed by atoms with van der Waals surface area (Å²) < 4.78 is 33.9. The van der Waals surface area contributed by atoms with E-state index >= 15 is 0 Å². The maximum atomic E-state index is 12.1. The van der Waals surface area contributed by atoms with Crippen LogP contribution in [-0.2, 0) is 23.1 Å². The molecule has 0 saturated carbocycles. The second kappa shape index (κ2) is 7.75. The van der Waals surface area contributed by atoms with Gasteiger partial charge in [-0.25, -0.2) is 0 Å². The molecule has 1 rings (SSSR count). The topological polar surface area (TPSA) is 54.0 Å². The fraction of sp³-hybridized carbons (Fsp3) is 1.00. The Hall–Kier alpha value is 0.0700. The fourth-order valence-electron chi connectivity index (χ4n) is 2.45. The Morgan fingerprint density at radius 3 is 1.95 bits per heavy atom. The third-order valence-electron chi connectivity index (χ3n) is 3.46. The van der Waals surface area contributed by atoms with Crippen molar-refractivity contribution in [1.82, 2.24) is 0 Å². The summed E-state index contributed by atoms with van der Waals surface area (Å²) in [7, 11) is -0.162. The van der Waals surface area contributed by atoms with Crippen LogP contribution in [0.1, 0.15) is 39.5 Å². The lowest BCUT2D eigenvalue weighted by Crippen LogP contribution is -2.45. The maximum Gasteiger partial charge on any atom is 0.330 e. The van der Waals surface area contributed by atoms with Gasteiger partial charge >= 0.3 is 7.60 Å². The zero-order valence-electron chi connectivity index (χ0n) is 12.5. The first kappa shape index (κ1) is 17.1. The van der Waals surface area contributed by atoms with Crippen LogP contribution in [0.15, 0.2) is 0 Å². The van der Waals surface area contributed by atoms with Crippen molar-refractivity contribution in [2.24, 2.45) is 5.92 Å².